The van der Waals surface area contributed by atoms with E-state index in [9.17, 15) is 4.79 Å². The number of benzene rings is 2. The fourth-order valence-electron chi connectivity index (χ4n) is 2.15. The zero-order chi connectivity index (χ0) is 15.5. The van der Waals surface area contributed by atoms with Gasteiger partial charge in [0.05, 0.1) is 0 Å². The Morgan fingerprint density at radius 3 is 2.82 bits per heavy atom. The van der Waals surface area contributed by atoms with Crippen LogP contribution in [-0.4, -0.2) is 10.9 Å². The molecule has 2 aromatic carbocycles. The van der Waals surface area contributed by atoms with E-state index in [2.05, 4.69) is 10.3 Å². The number of anilines is 1. The van der Waals surface area contributed by atoms with Crippen LogP contribution in [0.2, 0.25) is 0 Å². The monoisotopic (exact) mass is 292 g/mol. The molecule has 0 saturated carbocycles. The summed E-state index contributed by atoms with van der Waals surface area (Å²) >= 11 is 0. The van der Waals surface area contributed by atoms with Gasteiger partial charge in [-0.05, 0) is 43.2 Å². The molecule has 0 atom stereocenters. The summed E-state index contributed by atoms with van der Waals surface area (Å²) in [4.78, 5) is 16.3. The first-order valence-electron chi connectivity index (χ1n) is 7.04. The van der Waals surface area contributed by atoms with Crippen molar-refractivity contribution >= 4 is 28.8 Å². The summed E-state index contributed by atoms with van der Waals surface area (Å²) in [5.74, 6) is 0.202. The molecule has 0 bridgehead atoms. The molecule has 4 heteroatoms. The minimum Gasteiger partial charge on any atom is -0.437 e. The van der Waals surface area contributed by atoms with Crippen molar-refractivity contribution in [3.8, 4) is 0 Å². The van der Waals surface area contributed by atoms with Crippen molar-refractivity contribution in [3.63, 3.8) is 0 Å². The molecule has 0 aliphatic carbocycles. The Bertz CT molecular complexity index is 829. The fourth-order valence-corrected chi connectivity index (χ4v) is 2.15. The standard InChI is InChI=1S/C18H16N2O2/c1-12-7-8-13(2)15(11-12)19-17(21)9-10-18-20-14-5-3-4-6-16(14)22-18/h3-11H,1-2H3,(H,19,21)/b10-9+. The summed E-state index contributed by atoms with van der Waals surface area (Å²) in [5, 5.41) is 2.86. The van der Waals surface area contributed by atoms with Crippen LogP contribution in [0.3, 0.4) is 0 Å². The van der Waals surface area contributed by atoms with E-state index in [-0.39, 0.29) is 5.91 Å². The molecule has 0 spiro atoms. The van der Waals surface area contributed by atoms with Gasteiger partial charge < -0.3 is 9.73 Å². The molecule has 4 nitrogen and oxygen atoms in total. The van der Waals surface area contributed by atoms with E-state index in [0.29, 0.717) is 11.5 Å². The summed E-state index contributed by atoms with van der Waals surface area (Å²) in [5.41, 5.74) is 4.42. The summed E-state index contributed by atoms with van der Waals surface area (Å²) in [7, 11) is 0. The predicted molar refractivity (Wildman–Crippen MR) is 87.6 cm³/mol. The molecule has 3 rings (SSSR count). The Kier molecular flexibility index (Phi) is 3.74. The molecule has 22 heavy (non-hydrogen) atoms. The number of nitrogens with zero attached hydrogens (tertiary/aromatic N) is 1. The van der Waals surface area contributed by atoms with Gasteiger partial charge in [-0.1, -0.05) is 24.3 Å². The van der Waals surface area contributed by atoms with Crippen molar-refractivity contribution < 1.29 is 9.21 Å². The zero-order valence-electron chi connectivity index (χ0n) is 12.5. The SMILES string of the molecule is Cc1ccc(C)c(NC(=O)/C=C/c2nc3ccccc3o2)c1. The van der Waals surface area contributed by atoms with Gasteiger partial charge in [-0.3, -0.25) is 4.79 Å². The van der Waals surface area contributed by atoms with E-state index in [1.165, 1.54) is 6.08 Å². The van der Waals surface area contributed by atoms with Crippen molar-refractivity contribution in [3.05, 3.63) is 65.6 Å². The fraction of sp³-hybridized carbons (Fsp3) is 0.111. The first-order chi connectivity index (χ1) is 10.6. The number of fused-ring (bicyclic) bond motifs is 1. The minimum atomic E-state index is -0.212. The van der Waals surface area contributed by atoms with Crippen LogP contribution in [0.4, 0.5) is 5.69 Å². The van der Waals surface area contributed by atoms with Gasteiger partial charge in [0.2, 0.25) is 11.8 Å². The Morgan fingerprint density at radius 2 is 2.00 bits per heavy atom. The lowest BCUT2D eigenvalue weighted by Gasteiger charge is -2.07. The predicted octanol–water partition coefficient (Wildman–Crippen LogP) is 4.10. The van der Waals surface area contributed by atoms with Crippen LogP contribution >= 0.6 is 0 Å². The van der Waals surface area contributed by atoms with Crippen molar-refractivity contribution in [2.75, 3.05) is 5.32 Å². The highest BCUT2D eigenvalue weighted by atomic mass is 16.3. The van der Waals surface area contributed by atoms with E-state index in [1.807, 2.05) is 56.3 Å². The van der Waals surface area contributed by atoms with Crippen molar-refractivity contribution in [1.29, 1.82) is 0 Å². The van der Waals surface area contributed by atoms with Gasteiger partial charge >= 0.3 is 0 Å². The molecular weight excluding hydrogens is 276 g/mol. The second-order valence-electron chi connectivity index (χ2n) is 5.16. The number of carbonyl (C=O) groups excluding carboxylic acids is 1. The largest absolute Gasteiger partial charge is 0.437 e. The zero-order valence-corrected chi connectivity index (χ0v) is 12.5. The highest BCUT2D eigenvalue weighted by molar-refractivity contribution is 6.02. The Labute approximate surface area is 128 Å². The number of oxazole rings is 1. The lowest BCUT2D eigenvalue weighted by atomic mass is 10.1. The first kappa shape index (κ1) is 14.1. The van der Waals surface area contributed by atoms with Gasteiger partial charge in [0.25, 0.3) is 0 Å². The van der Waals surface area contributed by atoms with Crippen molar-refractivity contribution in [2.45, 2.75) is 13.8 Å². The van der Waals surface area contributed by atoms with Gasteiger partial charge in [0.15, 0.2) is 5.58 Å². The van der Waals surface area contributed by atoms with Gasteiger partial charge in [0, 0.05) is 17.8 Å². The van der Waals surface area contributed by atoms with Crippen LogP contribution in [0.1, 0.15) is 17.0 Å². The number of rotatable bonds is 3. The minimum absolute atomic E-state index is 0.212. The van der Waals surface area contributed by atoms with Gasteiger partial charge in [0.1, 0.15) is 5.52 Å². The quantitative estimate of drug-likeness (QED) is 0.739. The third-order valence-electron chi connectivity index (χ3n) is 3.34. The summed E-state index contributed by atoms with van der Waals surface area (Å²) in [6.45, 7) is 3.95. The maximum Gasteiger partial charge on any atom is 0.248 e. The van der Waals surface area contributed by atoms with Crippen LogP contribution in [0.25, 0.3) is 17.2 Å². The van der Waals surface area contributed by atoms with E-state index in [1.54, 1.807) is 6.08 Å². The van der Waals surface area contributed by atoms with E-state index in [0.717, 1.165) is 22.3 Å². The van der Waals surface area contributed by atoms with E-state index in [4.69, 9.17) is 4.42 Å². The molecule has 0 fully saturated rings. The molecule has 0 unspecified atom stereocenters. The number of hydrogen-bond donors (Lipinski definition) is 1. The lowest BCUT2D eigenvalue weighted by molar-refractivity contribution is -0.111. The van der Waals surface area contributed by atoms with Gasteiger partial charge in [-0.2, -0.15) is 0 Å². The van der Waals surface area contributed by atoms with Gasteiger partial charge in [-0.25, -0.2) is 4.98 Å². The normalized spacial score (nSPS) is 11.2. The molecule has 110 valence electrons. The first-order valence-corrected chi connectivity index (χ1v) is 7.04. The number of aromatic nitrogens is 1. The molecule has 0 radical (unpaired) electrons. The number of aryl methyl sites for hydroxylation is 2. The maximum absolute atomic E-state index is 12.0. The van der Waals surface area contributed by atoms with Crippen molar-refractivity contribution in [2.24, 2.45) is 0 Å². The Hall–Kier alpha value is -2.88. The average Bonchev–Trinajstić information content (AvgIpc) is 2.92. The smallest absolute Gasteiger partial charge is 0.248 e. The van der Waals surface area contributed by atoms with E-state index < -0.39 is 0 Å². The highest BCUT2D eigenvalue weighted by Gasteiger charge is 2.04. The Morgan fingerprint density at radius 1 is 1.18 bits per heavy atom. The molecule has 0 aliphatic heterocycles. The molecule has 1 amide bonds. The molecule has 0 saturated heterocycles. The molecular formula is C18H16N2O2. The Balaban J connectivity index is 1.74. The number of carbonyl (C=O) groups is 1. The van der Waals surface area contributed by atoms with Crippen LogP contribution in [-0.2, 0) is 4.79 Å². The molecule has 1 N–H and O–H groups in total. The molecule has 3 aromatic rings. The lowest BCUT2D eigenvalue weighted by Crippen LogP contribution is -2.09. The topological polar surface area (TPSA) is 55.1 Å². The third-order valence-corrected chi connectivity index (χ3v) is 3.34. The number of nitrogens with one attached hydrogen (secondary N) is 1. The molecule has 1 heterocycles. The summed E-state index contributed by atoms with van der Waals surface area (Å²) < 4.78 is 5.53. The third kappa shape index (κ3) is 3.06. The second kappa shape index (κ2) is 5.85. The molecule has 1 aromatic heterocycles. The number of amides is 1. The highest BCUT2D eigenvalue weighted by Crippen LogP contribution is 2.17. The molecule has 0 aliphatic rings. The average molecular weight is 292 g/mol. The van der Waals surface area contributed by atoms with Crippen LogP contribution in [0.5, 0.6) is 0 Å². The van der Waals surface area contributed by atoms with Gasteiger partial charge in [-0.15, -0.1) is 0 Å². The van der Waals surface area contributed by atoms with Crippen LogP contribution in [0, 0.1) is 13.8 Å². The van der Waals surface area contributed by atoms with Crippen molar-refractivity contribution in [1.82, 2.24) is 4.98 Å². The van der Waals surface area contributed by atoms with Crippen LogP contribution < -0.4 is 5.32 Å². The number of para-hydroxylation sites is 2. The van der Waals surface area contributed by atoms with E-state index >= 15 is 0 Å². The summed E-state index contributed by atoms with van der Waals surface area (Å²) in [6.07, 6.45) is 2.99. The maximum atomic E-state index is 12.0. The second-order valence-corrected chi connectivity index (χ2v) is 5.16. The van der Waals surface area contributed by atoms with Crippen LogP contribution in [0.15, 0.2) is 53.0 Å². The number of hydrogen-bond acceptors (Lipinski definition) is 3. The summed E-state index contributed by atoms with van der Waals surface area (Å²) in [6, 6.07) is 13.4.